The Balaban J connectivity index is 1.48. The highest BCUT2D eigenvalue weighted by Crippen LogP contribution is 2.66. The zero-order valence-electron chi connectivity index (χ0n) is 14.9. The molecule has 4 aliphatic carbocycles. The number of rotatable bonds is 3. The van der Waals surface area contributed by atoms with Crippen molar-refractivity contribution < 1.29 is 4.79 Å². The van der Waals surface area contributed by atoms with Gasteiger partial charge in [0.1, 0.15) is 0 Å². The lowest BCUT2D eigenvalue weighted by atomic mass is 9.42. The van der Waals surface area contributed by atoms with E-state index >= 15 is 0 Å². The van der Waals surface area contributed by atoms with Crippen molar-refractivity contribution in [3.05, 3.63) is 65.2 Å². The summed E-state index contributed by atoms with van der Waals surface area (Å²) in [5.41, 5.74) is 2.24. The maximum atomic E-state index is 13.4. The Bertz CT molecular complexity index is 815. The first-order chi connectivity index (χ1) is 12.6. The number of benzene rings is 2. The molecule has 4 bridgehead atoms. The second-order valence-corrected chi connectivity index (χ2v) is 9.29. The summed E-state index contributed by atoms with van der Waals surface area (Å²) in [5, 5.41) is 4.00. The van der Waals surface area contributed by atoms with Crippen LogP contribution in [-0.2, 0) is 10.2 Å². The molecule has 0 radical (unpaired) electrons. The van der Waals surface area contributed by atoms with E-state index in [1.807, 2.05) is 42.5 Å². The van der Waals surface area contributed by atoms with Crippen molar-refractivity contribution in [3.8, 4) is 0 Å². The van der Waals surface area contributed by atoms with Crippen molar-refractivity contribution in [2.45, 2.75) is 43.9 Å². The Labute approximate surface area is 160 Å². The van der Waals surface area contributed by atoms with E-state index in [0.29, 0.717) is 11.8 Å². The topological polar surface area (TPSA) is 29.1 Å². The fraction of sp³-hybridized carbons (Fsp3) is 0.435. The minimum atomic E-state index is -0.209. The molecule has 0 aromatic heterocycles. The van der Waals surface area contributed by atoms with Crippen molar-refractivity contribution in [3.63, 3.8) is 0 Å². The number of hydrogen-bond acceptors (Lipinski definition) is 1. The van der Waals surface area contributed by atoms with Crippen LogP contribution in [0, 0.1) is 17.3 Å². The largest absolute Gasteiger partial charge is 0.326 e. The molecule has 4 saturated carbocycles. The summed E-state index contributed by atoms with van der Waals surface area (Å²) >= 11 is 6.12. The van der Waals surface area contributed by atoms with Crippen LogP contribution in [0.15, 0.2) is 54.6 Å². The summed E-state index contributed by atoms with van der Waals surface area (Å²) in [4.78, 5) is 13.4. The minimum Gasteiger partial charge on any atom is -0.326 e. The number of para-hydroxylation sites is 1. The van der Waals surface area contributed by atoms with Gasteiger partial charge in [-0.25, -0.2) is 0 Å². The fourth-order valence-electron chi connectivity index (χ4n) is 6.45. The summed E-state index contributed by atoms with van der Waals surface area (Å²) in [6.07, 6.45) is 6.84. The molecule has 4 aliphatic rings. The Morgan fingerprint density at radius 2 is 1.58 bits per heavy atom. The summed E-state index contributed by atoms with van der Waals surface area (Å²) in [5.74, 6) is 1.58. The summed E-state index contributed by atoms with van der Waals surface area (Å²) in [6, 6.07) is 18.3. The third kappa shape index (κ3) is 2.58. The molecular weight excluding hydrogens is 342 g/mol. The normalized spacial score (nSPS) is 34.7. The van der Waals surface area contributed by atoms with E-state index in [-0.39, 0.29) is 16.7 Å². The lowest BCUT2D eigenvalue weighted by Crippen LogP contribution is -2.57. The number of amides is 1. The molecule has 2 nitrogen and oxygen atoms in total. The Hall–Kier alpha value is -1.80. The third-order valence-corrected chi connectivity index (χ3v) is 7.28. The molecule has 3 heteroatoms. The number of hydrogen-bond donors (Lipinski definition) is 1. The van der Waals surface area contributed by atoms with Crippen LogP contribution in [0.25, 0.3) is 0 Å². The molecule has 1 N–H and O–H groups in total. The van der Waals surface area contributed by atoms with Crippen LogP contribution < -0.4 is 5.32 Å². The van der Waals surface area contributed by atoms with Crippen LogP contribution in [0.3, 0.4) is 0 Å². The van der Waals surface area contributed by atoms with E-state index < -0.39 is 0 Å². The fourth-order valence-corrected chi connectivity index (χ4v) is 6.58. The molecular formula is C23H24ClNO. The van der Waals surface area contributed by atoms with E-state index in [2.05, 4.69) is 17.4 Å². The van der Waals surface area contributed by atoms with Crippen LogP contribution in [0.2, 0.25) is 5.02 Å². The lowest BCUT2D eigenvalue weighted by molar-refractivity contribution is -0.143. The summed E-state index contributed by atoms with van der Waals surface area (Å²) in [6.45, 7) is 0. The smallest absolute Gasteiger partial charge is 0.230 e. The predicted molar refractivity (Wildman–Crippen MR) is 105 cm³/mol. The zero-order chi connectivity index (χ0) is 17.8. The average molecular weight is 366 g/mol. The standard InChI is InChI=1S/C23H24ClNO/c24-19-8-6-18(7-9-19)22-11-16-10-17(12-22)14-23(13-16,15-22)21(26)25-20-4-2-1-3-5-20/h1-9,16-17H,10-15H2,(H,25,26). The molecule has 2 unspecified atom stereocenters. The van der Waals surface area contributed by atoms with Crippen molar-refractivity contribution in [1.82, 2.24) is 0 Å². The van der Waals surface area contributed by atoms with Gasteiger partial charge in [0.25, 0.3) is 0 Å². The Kier molecular flexibility index (Phi) is 3.69. The predicted octanol–water partition coefficient (Wildman–Crippen LogP) is 5.82. The molecule has 2 aromatic rings. The number of carbonyl (C=O) groups excluding carboxylic acids is 1. The number of carbonyl (C=O) groups is 1. The SMILES string of the molecule is O=C(Nc1ccccc1)C12CC3CC(C1)CC(c1ccc(Cl)cc1)(C3)C2. The van der Waals surface area contributed by atoms with Crippen LogP contribution in [0.4, 0.5) is 5.69 Å². The van der Waals surface area contributed by atoms with E-state index in [1.54, 1.807) is 0 Å². The van der Waals surface area contributed by atoms with Gasteiger partial charge in [0.05, 0.1) is 5.41 Å². The van der Waals surface area contributed by atoms with Crippen LogP contribution in [-0.4, -0.2) is 5.91 Å². The maximum absolute atomic E-state index is 13.4. The van der Waals surface area contributed by atoms with Gasteiger partial charge in [-0.15, -0.1) is 0 Å². The summed E-state index contributed by atoms with van der Waals surface area (Å²) < 4.78 is 0. The van der Waals surface area contributed by atoms with Gasteiger partial charge in [-0.3, -0.25) is 4.79 Å². The van der Waals surface area contributed by atoms with Gasteiger partial charge in [0.2, 0.25) is 5.91 Å². The molecule has 2 aromatic carbocycles. The van der Waals surface area contributed by atoms with Gasteiger partial charge >= 0.3 is 0 Å². The molecule has 0 saturated heterocycles. The van der Waals surface area contributed by atoms with Gasteiger partial charge in [-0.2, -0.15) is 0 Å². The highest BCUT2D eigenvalue weighted by molar-refractivity contribution is 6.30. The molecule has 26 heavy (non-hydrogen) atoms. The molecule has 6 rings (SSSR count). The zero-order valence-corrected chi connectivity index (χ0v) is 15.6. The summed E-state index contributed by atoms with van der Waals surface area (Å²) in [7, 11) is 0. The number of nitrogens with one attached hydrogen (secondary N) is 1. The molecule has 1 amide bonds. The van der Waals surface area contributed by atoms with Gasteiger partial charge in [0.15, 0.2) is 0 Å². The Morgan fingerprint density at radius 3 is 2.23 bits per heavy atom. The number of halogens is 1. The van der Waals surface area contributed by atoms with E-state index in [0.717, 1.165) is 30.0 Å². The van der Waals surface area contributed by atoms with Crippen molar-refractivity contribution in [2.24, 2.45) is 17.3 Å². The maximum Gasteiger partial charge on any atom is 0.230 e. The lowest BCUT2D eigenvalue weighted by Gasteiger charge is -2.61. The van der Waals surface area contributed by atoms with Gasteiger partial charge in [-0.05, 0) is 85.6 Å². The molecule has 4 fully saturated rings. The highest BCUT2D eigenvalue weighted by atomic mass is 35.5. The third-order valence-electron chi connectivity index (χ3n) is 7.03. The first-order valence-corrected chi connectivity index (χ1v) is 10.1. The van der Waals surface area contributed by atoms with E-state index in [9.17, 15) is 4.79 Å². The minimum absolute atomic E-state index is 0.155. The van der Waals surface area contributed by atoms with Crippen LogP contribution in [0.1, 0.15) is 44.1 Å². The monoisotopic (exact) mass is 365 g/mol. The first-order valence-electron chi connectivity index (χ1n) is 9.70. The van der Waals surface area contributed by atoms with E-state index in [4.69, 9.17) is 11.6 Å². The molecule has 0 spiro atoms. The second-order valence-electron chi connectivity index (χ2n) is 8.85. The molecule has 2 atom stereocenters. The van der Waals surface area contributed by atoms with Gasteiger partial charge < -0.3 is 5.32 Å². The van der Waals surface area contributed by atoms with Crippen molar-refractivity contribution >= 4 is 23.2 Å². The first kappa shape index (κ1) is 16.4. The van der Waals surface area contributed by atoms with Crippen molar-refractivity contribution in [2.75, 3.05) is 5.32 Å². The van der Waals surface area contributed by atoms with Gasteiger partial charge in [0, 0.05) is 10.7 Å². The molecule has 0 heterocycles. The second kappa shape index (κ2) is 5.85. The quantitative estimate of drug-likeness (QED) is 0.729. The van der Waals surface area contributed by atoms with Crippen molar-refractivity contribution in [1.29, 1.82) is 0 Å². The van der Waals surface area contributed by atoms with Crippen LogP contribution in [0.5, 0.6) is 0 Å². The molecule has 0 aliphatic heterocycles. The van der Waals surface area contributed by atoms with E-state index in [1.165, 1.54) is 24.8 Å². The Morgan fingerprint density at radius 1 is 0.923 bits per heavy atom. The van der Waals surface area contributed by atoms with Gasteiger partial charge in [-0.1, -0.05) is 41.9 Å². The molecule has 134 valence electrons. The highest BCUT2D eigenvalue weighted by Gasteiger charge is 2.60. The number of anilines is 1. The van der Waals surface area contributed by atoms with Crippen LogP contribution >= 0.6 is 11.6 Å². The average Bonchev–Trinajstić information content (AvgIpc) is 2.62.